The van der Waals surface area contributed by atoms with Crippen molar-refractivity contribution >= 4 is 49.4 Å². The van der Waals surface area contributed by atoms with Crippen molar-refractivity contribution in [3.8, 4) is 0 Å². The maximum atomic E-state index is 12.0. The van der Waals surface area contributed by atoms with Crippen LogP contribution in [0, 0.1) is 0 Å². The van der Waals surface area contributed by atoms with Crippen LogP contribution in [0.3, 0.4) is 0 Å². The maximum absolute atomic E-state index is 12.0. The first-order chi connectivity index (χ1) is 9.45. The quantitative estimate of drug-likeness (QED) is 0.773. The highest BCUT2D eigenvalue weighted by molar-refractivity contribution is 9.10. The summed E-state index contributed by atoms with van der Waals surface area (Å²) in [5, 5.41) is 11.6. The number of aromatic carboxylic acids is 1. The average Bonchev–Trinajstić information content (AvgIpc) is 2.37. The number of nitrogens with zero attached hydrogens (tertiary/aromatic N) is 1. The Hall–Kier alpha value is -1.73. The van der Waals surface area contributed by atoms with Gasteiger partial charge >= 0.3 is 5.97 Å². The molecule has 0 radical (unpaired) electrons. The molecule has 0 saturated heterocycles. The van der Waals surface area contributed by atoms with Gasteiger partial charge in [0.2, 0.25) is 0 Å². The van der Waals surface area contributed by atoms with E-state index in [0.29, 0.717) is 20.3 Å². The molecule has 2 N–H and O–H groups in total. The third kappa shape index (κ3) is 3.64. The molecule has 2 rings (SSSR count). The number of hydrogen-bond acceptors (Lipinski definition) is 3. The molecule has 20 heavy (non-hydrogen) atoms. The van der Waals surface area contributed by atoms with E-state index in [9.17, 15) is 9.59 Å². The number of benzene rings is 1. The molecular formula is C13H8Br2N2O3. The summed E-state index contributed by atoms with van der Waals surface area (Å²) >= 11 is 6.39. The lowest BCUT2D eigenvalue weighted by Gasteiger charge is -2.07. The Bertz CT molecular complexity index is 689. The van der Waals surface area contributed by atoms with Crippen LogP contribution in [0.2, 0.25) is 0 Å². The summed E-state index contributed by atoms with van der Waals surface area (Å²) in [6, 6.07) is 7.62. The molecule has 0 aliphatic heterocycles. The normalized spacial score (nSPS) is 10.1. The van der Waals surface area contributed by atoms with Gasteiger partial charge in [0.25, 0.3) is 5.91 Å². The van der Waals surface area contributed by atoms with Gasteiger partial charge in [-0.2, -0.15) is 0 Å². The zero-order valence-electron chi connectivity index (χ0n) is 9.93. The van der Waals surface area contributed by atoms with Crippen molar-refractivity contribution in [2.75, 3.05) is 5.32 Å². The topological polar surface area (TPSA) is 79.3 Å². The van der Waals surface area contributed by atoms with Crippen molar-refractivity contribution in [1.29, 1.82) is 0 Å². The van der Waals surface area contributed by atoms with Gasteiger partial charge in [-0.05, 0) is 46.3 Å². The predicted molar refractivity (Wildman–Crippen MR) is 81.0 cm³/mol. The lowest BCUT2D eigenvalue weighted by molar-refractivity contribution is 0.0696. The number of hydrogen-bond donors (Lipinski definition) is 2. The molecule has 0 aliphatic carbocycles. The fourth-order valence-electron chi connectivity index (χ4n) is 1.53. The molecule has 0 saturated carbocycles. The fourth-order valence-corrected chi connectivity index (χ4v) is 2.39. The molecule has 0 aliphatic rings. The average molecular weight is 400 g/mol. The molecule has 7 heteroatoms. The first kappa shape index (κ1) is 14.7. The third-order valence-corrected chi connectivity index (χ3v) is 3.28. The Balaban J connectivity index is 2.26. The van der Waals surface area contributed by atoms with E-state index in [1.807, 2.05) is 0 Å². The highest BCUT2D eigenvalue weighted by Gasteiger charge is 2.10. The summed E-state index contributed by atoms with van der Waals surface area (Å²) in [5.74, 6) is -1.41. The van der Waals surface area contributed by atoms with E-state index in [-0.39, 0.29) is 11.5 Å². The molecule has 0 bridgehead atoms. The number of carboxylic acids is 1. The molecule has 0 fully saturated rings. The predicted octanol–water partition coefficient (Wildman–Crippen LogP) is 3.56. The van der Waals surface area contributed by atoms with Gasteiger partial charge in [0.15, 0.2) is 0 Å². The van der Waals surface area contributed by atoms with Gasteiger partial charge in [-0.3, -0.25) is 4.79 Å². The Morgan fingerprint density at radius 1 is 1.10 bits per heavy atom. The molecule has 102 valence electrons. The molecule has 1 aromatic carbocycles. The first-order valence-corrected chi connectivity index (χ1v) is 7.01. The van der Waals surface area contributed by atoms with Gasteiger partial charge < -0.3 is 10.4 Å². The first-order valence-electron chi connectivity index (χ1n) is 5.42. The summed E-state index contributed by atoms with van der Waals surface area (Å²) < 4.78 is 1.12. The van der Waals surface area contributed by atoms with Crippen LogP contribution in [0.5, 0.6) is 0 Å². The number of halogens is 2. The Kier molecular flexibility index (Phi) is 4.51. The van der Waals surface area contributed by atoms with Gasteiger partial charge in [-0.1, -0.05) is 15.9 Å². The number of carbonyl (C=O) groups is 2. The van der Waals surface area contributed by atoms with Gasteiger partial charge in [-0.25, -0.2) is 9.78 Å². The van der Waals surface area contributed by atoms with E-state index in [4.69, 9.17) is 5.11 Å². The van der Waals surface area contributed by atoms with Crippen LogP contribution >= 0.6 is 31.9 Å². The number of carboxylic acid groups (broad SMARTS) is 1. The van der Waals surface area contributed by atoms with Crippen LogP contribution in [0.4, 0.5) is 5.69 Å². The highest BCUT2D eigenvalue weighted by Crippen LogP contribution is 2.20. The zero-order chi connectivity index (χ0) is 14.7. The Morgan fingerprint density at radius 2 is 1.85 bits per heavy atom. The number of aromatic nitrogens is 1. The Morgan fingerprint density at radius 3 is 2.50 bits per heavy atom. The van der Waals surface area contributed by atoms with E-state index < -0.39 is 5.97 Å². The summed E-state index contributed by atoms with van der Waals surface area (Å²) in [5.41, 5.74) is 0.906. The smallest absolute Gasteiger partial charge is 0.335 e. The van der Waals surface area contributed by atoms with Gasteiger partial charge in [0.1, 0.15) is 4.60 Å². The number of anilines is 1. The van der Waals surface area contributed by atoms with Gasteiger partial charge in [0, 0.05) is 21.9 Å². The summed E-state index contributed by atoms with van der Waals surface area (Å²) in [7, 11) is 0. The number of carbonyl (C=O) groups excluding carboxylic acids is 1. The molecule has 1 amide bonds. The fraction of sp³-hybridized carbons (Fsp3) is 0. The summed E-state index contributed by atoms with van der Waals surface area (Å²) in [4.78, 5) is 26.9. The van der Waals surface area contributed by atoms with Crippen molar-refractivity contribution in [1.82, 2.24) is 4.98 Å². The SMILES string of the molecule is O=C(O)c1cc(Br)cc(NC(=O)c2ccnc(Br)c2)c1. The standard InChI is InChI=1S/C13H8Br2N2O3/c14-9-3-8(13(19)20)4-10(6-9)17-12(18)7-1-2-16-11(15)5-7/h1-6H,(H,17,18)(H,19,20). The molecule has 0 spiro atoms. The van der Waals surface area contributed by atoms with Gasteiger partial charge in [0.05, 0.1) is 5.56 Å². The van der Waals surface area contributed by atoms with E-state index in [1.54, 1.807) is 18.2 Å². The largest absolute Gasteiger partial charge is 0.478 e. The minimum atomic E-state index is -1.06. The van der Waals surface area contributed by atoms with Crippen LogP contribution < -0.4 is 5.32 Å². The molecule has 1 aromatic heterocycles. The van der Waals surface area contributed by atoms with E-state index in [1.165, 1.54) is 18.3 Å². The lowest BCUT2D eigenvalue weighted by atomic mass is 10.2. The lowest BCUT2D eigenvalue weighted by Crippen LogP contribution is -2.12. The zero-order valence-corrected chi connectivity index (χ0v) is 13.1. The summed E-state index contributed by atoms with van der Waals surface area (Å²) in [6.07, 6.45) is 1.50. The second-order valence-electron chi connectivity index (χ2n) is 3.86. The molecular weight excluding hydrogens is 392 g/mol. The van der Waals surface area contributed by atoms with Crippen LogP contribution in [0.1, 0.15) is 20.7 Å². The van der Waals surface area contributed by atoms with Crippen LogP contribution in [-0.4, -0.2) is 22.0 Å². The van der Waals surface area contributed by atoms with Crippen LogP contribution in [0.25, 0.3) is 0 Å². The minimum absolute atomic E-state index is 0.0885. The molecule has 2 aromatic rings. The van der Waals surface area contributed by atoms with Crippen LogP contribution in [0.15, 0.2) is 45.6 Å². The van der Waals surface area contributed by atoms with Gasteiger partial charge in [-0.15, -0.1) is 0 Å². The molecule has 0 unspecified atom stereocenters. The molecule has 0 atom stereocenters. The highest BCUT2D eigenvalue weighted by atomic mass is 79.9. The molecule has 1 heterocycles. The number of nitrogens with one attached hydrogen (secondary N) is 1. The van der Waals surface area contributed by atoms with Crippen molar-refractivity contribution < 1.29 is 14.7 Å². The number of amides is 1. The van der Waals surface area contributed by atoms with Crippen LogP contribution in [-0.2, 0) is 0 Å². The second kappa shape index (κ2) is 6.15. The number of pyridine rings is 1. The molecule has 5 nitrogen and oxygen atoms in total. The van der Waals surface area contributed by atoms with E-state index >= 15 is 0 Å². The van der Waals surface area contributed by atoms with E-state index in [2.05, 4.69) is 42.2 Å². The van der Waals surface area contributed by atoms with Crippen molar-refractivity contribution in [2.24, 2.45) is 0 Å². The maximum Gasteiger partial charge on any atom is 0.335 e. The van der Waals surface area contributed by atoms with Crippen molar-refractivity contribution in [3.63, 3.8) is 0 Å². The Labute approximate surface area is 131 Å². The minimum Gasteiger partial charge on any atom is -0.478 e. The van der Waals surface area contributed by atoms with Crippen molar-refractivity contribution in [2.45, 2.75) is 0 Å². The van der Waals surface area contributed by atoms with E-state index in [0.717, 1.165) is 0 Å². The monoisotopic (exact) mass is 398 g/mol. The van der Waals surface area contributed by atoms with Crippen molar-refractivity contribution in [3.05, 3.63) is 56.7 Å². The second-order valence-corrected chi connectivity index (χ2v) is 5.58. The third-order valence-electron chi connectivity index (χ3n) is 2.39. The summed E-state index contributed by atoms with van der Waals surface area (Å²) in [6.45, 7) is 0. The number of rotatable bonds is 3.